The van der Waals surface area contributed by atoms with Gasteiger partial charge in [-0.25, -0.2) is 0 Å². The van der Waals surface area contributed by atoms with E-state index in [-0.39, 0.29) is 5.92 Å². The van der Waals surface area contributed by atoms with Crippen molar-refractivity contribution in [1.29, 1.82) is 0 Å². The van der Waals surface area contributed by atoms with E-state index in [1.54, 1.807) is 0 Å². The largest absolute Gasteiger partial charge is 0.481 e. The van der Waals surface area contributed by atoms with Crippen molar-refractivity contribution in [2.24, 2.45) is 17.8 Å². The smallest absolute Gasteiger partial charge is 0.307 e. The molecule has 3 nitrogen and oxygen atoms in total. The van der Waals surface area contributed by atoms with Crippen molar-refractivity contribution in [3.63, 3.8) is 0 Å². The summed E-state index contributed by atoms with van der Waals surface area (Å²) in [6, 6.07) is 0.446. The molecule has 1 rings (SSSR count). The molecule has 0 spiro atoms. The van der Waals surface area contributed by atoms with Gasteiger partial charge in [-0.1, -0.05) is 39.5 Å². The Morgan fingerprint density at radius 2 is 1.89 bits per heavy atom. The Hall–Kier alpha value is -0.570. The van der Waals surface area contributed by atoms with Crippen molar-refractivity contribution in [3.8, 4) is 0 Å². The first-order chi connectivity index (χ1) is 8.49. The molecule has 3 heteroatoms. The quantitative estimate of drug-likeness (QED) is 0.699. The van der Waals surface area contributed by atoms with E-state index in [0.717, 1.165) is 12.3 Å². The standard InChI is InChI=1S/C15H29NO2/c1-11(2)8-14(15(17)18)10-16-12(3)9-13-6-4-5-7-13/h11-14,16H,4-10H2,1-3H3,(H,17,18). The van der Waals surface area contributed by atoms with E-state index in [2.05, 4.69) is 26.1 Å². The van der Waals surface area contributed by atoms with Crippen molar-refractivity contribution < 1.29 is 9.90 Å². The van der Waals surface area contributed by atoms with Crippen LogP contribution in [0.15, 0.2) is 0 Å². The molecular weight excluding hydrogens is 226 g/mol. The molecule has 1 aliphatic carbocycles. The fourth-order valence-electron chi connectivity index (χ4n) is 3.01. The highest BCUT2D eigenvalue weighted by Crippen LogP contribution is 2.28. The van der Waals surface area contributed by atoms with Crippen LogP contribution in [0.5, 0.6) is 0 Å². The van der Waals surface area contributed by atoms with Gasteiger partial charge in [0.15, 0.2) is 0 Å². The van der Waals surface area contributed by atoms with Crippen molar-refractivity contribution in [3.05, 3.63) is 0 Å². The minimum atomic E-state index is -0.663. The summed E-state index contributed by atoms with van der Waals surface area (Å²) in [5, 5.41) is 12.6. The van der Waals surface area contributed by atoms with Gasteiger partial charge < -0.3 is 10.4 Å². The van der Waals surface area contributed by atoms with Gasteiger partial charge in [0.2, 0.25) is 0 Å². The summed E-state index contributed by atoms with van der Waals surface area (Å²) in [7, 11) is 0. The molecular formula is C15H29NO2. The minimum Gasteiger partial charge on any atom is -0.481 e. The van der Waals surface area contributed by atoms with Crippen LogP contribution in [0.2, 0.25) is 0 Å². The lowest BCUT2D eigenvalue weighted by Gasteiger charge is -2.21. The molecule has 1 fully saturated rings. The maximum atomic E-state index is 11.2. The zero-order valence-corrected chi connectivity index (χ0v) is 12.1. The average Bonchev–Trinajstić information content (AvgIpc) is 2.76. The molecule has 0 aromatic carbocycles. The van der Waals surface area contributed by atoms with Gasteiger partial charge in [-0.15, -0.1) is 0 Å². The number of aliphatic carboxylic acids is 1. The van der Waals surface area contributed by atoms with Crippen LogP contribution < -0.4 is 5.32 Å². The molecule has 2 atom stereocenters. The van der Waals surface area contributed by atoms with Gasteiger partial charge in [0, 0.05) is 12.6 Å². The lowest BCUT2D eigenvalue weighted by atomic mass is 9.95. The van der Waals surface area contributed by atoms with Crippen LogP contribution in [0.3, 0.4) is 0 Å². The van der Waals surface area contributed by atoms with Gasteiger partial charge in [-0.2, -0.15) is 0 Å². The maximum Gasteiger partial charge on any atom is 0.307 e. The molecule has 0 saturated heterocycles. The molecule has 1 aliphatic rings. The van der Waals surface area contributed by atoms with Gasteiger partial charge >= 0.3 is 5.97 Å². The van der Waals surface area contributed by atoms with E-state index in [9.17, 15) is 9.90 Å². The third kappa shape index (κ3) is 5.85. The molecule has 0 aromatic heterocycles. The molecule has 1 saturated carbocycles. The molecule has 0 radical (unpaired) electrons. The van der Waals surface area contributed by atoms with Crippen LogP contribution in [0, 0.1) is 17.8 Å². The van der Waals surface area contributed by atoms with Crippen LogP contribution in [-0.2, 0) is 4.79 Å². The van der Waals surface area contributed by atoms with Crippen molar-refractivity contribution in [1.82, 2.24) is 5.32 Å². The Morgan fingerprint density at radius 3 is 2.39 bits per heavy atom. The fourth-order valence-corrected chi connectivity index (χ4v) is 3.01. The van der Waals surface area contributed by atoms with Crippen molar-refractivity contribution in [2.45, 2.75) is 65.3 Å². The number of rotatable bonds is 8. The highest BCUT2D eigenvalue weighted by Gasteiger charge is 2.21. The zero-order chi connectivity index (χ0) is 13.5. The first-order valence-corrected chi connectivity index (χ1v) is 7.45. The summed E-state index contributed by atoms with van der Waals surface area (Å²) < 4.78 is 0. The van der Waals surface area contributed by atoms with Crippen LogP contribution in [0.1, 0.15) is 59.3 Å². The first kappa shape index (κ1) is 15.5. The zero-order valence-electron chi connectivity index (χ0n) is 12.1. The number of carboxylic acids is 1. The Labute approximate surface area is 111 Å². The molecule has 106 valence electrons. The molecule has 18 heavy (non-hydrogen) atoms. The molecule has 0 aliphatic heterocycles. The highest BCUT2D eigenvalue weighted by atomic mass is 16.4. The second kappa shape index (κ2) is 7.78. The van der Waals surface area contributed by atoms with Crippen LogP contribution in [-0.4, -0.2) is 23.7 Å². The second-order valence-electron chi connectivity index (χ2n) is 6.36. The highest BCUT2D eigenvalue weighted by molar-refractivity contribution is 5.70. The average molecular weight is 255 g/mol. The lowest BCUT2D eigenvalue weighted by molar-refractivity contribution is -0.142. The number of carboxylic acid groups (broad SMARTS) is 1. The van der Waals surface area contributed by atoms with E-state index < -0.39 is 5.97 Å². The monoisotopic (exact) mass is 255 g/mol. The second-order valence-corrected chi connectivity index (χ2v) is 6.36. The third-order valence-corrected chi connectivity index (χ3v) is 3.98. The Bertz CT molecular complexity index is 247. The number of nitrogens with one attached hydrogen (secondary N) is 1. The summed E-state index contributed by atoms with van der Waals surface area (Å²) >= 11 is 0. The predicted octanol–water partition coefficient (Wildman–Crippen LogP) is 3.29. The molecule has 0 amide bonds. The number of hydrogen-bond acceptors (Lipinski definition) is 2. The number of carbonyl (C=O) groups is 1. The molecule has 2 unspecified atom stereocenters. The summed E-state index contributed by atoms with van der Waals surface area (Å²) in [5.74, 6) is 0.402. The normalized spacial score (nSPS) is 20.2. The Morgan fingerprint density at radius 1 is 1.28 bits per heavy atom. The molecule has 2 N–H and O–H groups in total. The van der Waals surface area contributed by atoms with Gasteiger partial charge in [0.05, 0.1) is 5.92 Å². The summed E-state index contributed by atoms with van der Waals surface area (Å²) in [4.78, 5) is 11.2. The van der Waals surface area contributed by atoms with E-state index in [0.29, 0.717) is 18.5 Å². The third-order valence-electron chi connectivity index (χ3n) is 3.98. The van der Waals surface area contributed by atoms with Gasteiger partial charge in [0.25, 0.3) is 0 Å². The van der Waals surface area contributed by atoms with Crippen molar-refractivity contribution in [2.75, 3.05) is 6.54 Å². The topological polar surface area (TPSA) is 49.3 Å². The summed E-state index contributed by atoms with van der Waals surface area (Å²) in [6.07, 6.45) is 7.44. The van der Waals surface area contributed by atoms with Gasteiger partial charge in [-0.3, -0.25) is 4.79 Å². The Balaban J connectivity index is 2.25. The summed E-state index contributed by atoms with van der Waals surface area (Å²) in [6.45, 7) is 6.96. The van der Waals surface area contributed by atoms with Gasteiger partial charge in [-0.05, 0) is 31.6 Å². The van der Waals surface area contributed by atoms with E-state index in [4.69, 9.17) is 0 Å². The molecule has 0 heterocycles. The predicted molar refractivity (Wildman–Crippen MR) is 74.6 cm³/mol. The maximum absolute atomic E-state index is 11.2. The first-order valence-electron chi connectivity index (χ1n) is 7.45. The number of hydrogen-bond donors (Lipinski definition) is 2. The van der Waals surface area contributed by atoms with E-state index in [1.165, 1.54) is 32.1 Å². The Kier molecular flexibility index (Phi) is 6.69. The summed E-state index contributed by atoms with van der Waals surface area (Å²) in [5.41, 5.74) is 0. The van der Waals surface area contributed by atoms with Crippen molar-refractivity contribution >= 4 is 5.97 Å². The van der Waals surface area contributed by atoms with E-state index in [1.807, 2.05) is 0 Å². The van der Waals surface area contributed by atoms with Gasteiger partial charge in [0.1, 0.15) is 0 Å². The van der Waals surface area contributed by atoms with Crippen LogP contribution in [0.25, 0.3) is 0 Å². The molecule has 0 aromatic rings. The molecule has 0 bridgehead atoms. The fraction of sp³-hybridized carbons (Fsp3) is 0.933. The lowest BCUT2D eigenvalue weighted by Crippen LogP contribution is -2.35. The van der Waals surface area contributed by atoms with E-state index >= 15 is 0 Å². The SMILES string of the molecule is CC(C)CC(CNC(C)CC1CCCC1)C(=O)O. The van der Waals surface area contributed by atoms with Crippen LogP contribution in [0.4, 0.5) is 0 Å². The minimum absolute atomic E-state index is 0.240. The van der Waals surface area contributed by atoms with Crippen LogP contribution >= 0.6 is 0 Å².